The zero-order valence-corrected chi connectivity index (χ0v) is 30.9. The van der Waals surface area contributed by atoms with E-state index in [1.54, 1.807) is 0 Å². The predicted octanol–water partition coefficient (Wildman–Crippen LogP) is 13.6. The maximum absolute atomic E-state index is 5.20. The van der Waals surface area contributed by atoms with Gasteiger partial charge in [-0.1, -0.05) is 164 Å². The van der Waals surface area contributed by atoms with Crippen LogP contribution in [0.2, 0.25) is 0 Å². The Kier molecular flexibility index (Phi) is 7.78. The normalized spacial score (nSPS) is 11.5. The van der Waals surface area contributed by atoms with Gasteiger partial charge < -0.3 is 4.57 Å². The highest BCUT2D eigenvalue weighted by molar-refractivity contribution is 6.17. The maximum atomic E-state index is 5.20. The lowest BCUT2D eigenvalue weighted by Crippen LogP contribution is -1.97. The number of hydrogen-bond acceptors (Lipinski definition) is 3. The van der Waals surface area contributed by atoms with Crippen molar-refractivity contribution in [3.8, 4) is 62.0 Å². The fourth-order valence-corrected chi connectivity index (χ4v) is 8.35. The third kappa shape index (κ3) is 5.66. The highest BCUT2D eigenvalue weighted by Gasteiger charge is 2.17. The first-order valence-corrected chi connectivity index (χ1v) is 19.3. The fourth-order valence-electron chi connectivity index (χ4n) is 8.35. The smallest absolute Gasteiger partial charge is 0.160 e. The van der Waals surface area contributed by atoms with Crippen LogP contribution in [0, 0.1) is 0 Å². The fraction of sp³-hybridized carbons (Fsp3) is 0. The Morgan fingerprint density at radius 1 is 0.333 bits per heavy atom. The summed E-state index contributed by atoms with van der Waals surface area (Å²) in [7, 11) is 0. The topological polar surface area (TPSA) is 43.6 Å². The molecular formula is C53H34N4. The number of benzene rings is 8. The van der Waals surface area contributed by atoms with Crippen LogP contribution in [-0.4, -0.2) is 19.5 Å². The number of aromatic nitrogens is 4. The molecule has 0 aliphatic carbocycles. The third-order valence-electron chi connectivity index (χ3n) is 11.0. The van der Waals surface area contributed by atoms with Crippen molar-refractivity contribution >= 4 is 43.5 Å². The Labute approximate surface area is 330 Å². The molecule has 0 atom stereocenters. The standard InChI is InChI=1S/C53H34N4/c1-3-15-36(16-4-1)52-45-25-14-24-41(51(45)44-23-7-10-26-46(44)54-52)38-19-13-20-39(33-38)48-34-47(55-53(56-48)37-17-5-2-6-18-37)35-29-31-40(32-30-35)57-49-27-11-8-21-42(49)43-22-9-12-28-50(43)57/h1-34H. The van der Waals surface area contributed by atoms with Crippen molar-refractivity contribution in [2.24, 2.45) is 0 Å². The third-order valence-corrected chi connectivity index (χ3v) is 11.0. The number of fused-ring (bicyclic) bond motifs is 6. The first kappa shape index (κ1) is 32.7. The second-order valence-corrected chi connectivity index (χ2v) is 14.4. The van der Waals surface area contributed by atoms with Crippen LogP contribution >= 0.6 is 0 Å². The zero-order chi connectivity index (χ0) is 37.7. The van der Waals surface area contributed by atoms with E-state index in [4.69, 9.17) is 15.0 Å². The molecule has 0 N–H and O–H groups in total. The average Bonchev–Trinajstić information content (AvgIpc) is 3.63. The molecule has 4 heteroatoms. The van der Waals surface area contributed by atoms with Crippen LogP contribution < -0.4 is 0 Å². The summed E-state index contributed by atoms with van der Waals surface area (Å²) < 4.78 is 2.34. The summed E-state index contributed by atoms with van der Waals surface area (Å²) >= 11 is 0. The molecule has 0 spiro atoms. The molecule has 0 aliphatic heterocycles. The van der Waals surface area contributed by atoms with E-state index in [1.807, 2.05) is 24.3 Å². The van der Waals surface area contributed by atoms with E-state index in [-0.39, 0.29) is 0 Å². The first-order chi connectivity index (χ1) is 28.3. The largest absolute Gasteiger partial charge is 0.309 e. The van der Waals surface area contributed by atoms with Crippen LogP contribution in [0.5, 0.6) is 0 Å². The summed E-state index contributed by atoms with van der Waals surface area (Å²) in [5.74, 6) is 0.690. The van der Waals surface area contributed by atoms with Crippen molar-refractivity contribution in [3.63, 3.8) is 0 Å². The Balaban J connectivity index is 1.05. The maximum Gasteiger partial charge on any atom is 0.160 e. The van der Waals surface area contributed by atoms with E-state index < -0.39 is 0 Å². The molecule has 57 heavy (non-hydrogen) atoms. The van der Waals surface area contributed by atoms with Gasteiger partial charge in [0.2, 0.25) is 0 Å². The SMILES string of the molecule is c1ccc(-c2nc(-c3ccc(-n4c5ccccc5c5ccccc54)cc3)cc(-c3cccc(-c4cccc5c(-c6ccccc6)nc6ccccc6c45)c3)n2)cc1. The number of rotatable bonds is 6. The van der Waals surface area contributed by atoms with Gasteiger partial charge in [0.1, 0.15) is 0 Å². The quantitative estimate of drug-likeness (QED) is 0.160. The van der Waals surface area contributed by atoms with Gasteiger partial charge in [-0.05, 0) is 53.6 Å². The van der Waals surface area contributed by atoms with Crippen LogP contribution in [-0.2, 0) is 0 Å². The number of nitrogens with zero attached hydrogens (tertiary/aromatic N) is 4. The molecule has 0 saturated heterocycles. The molecule has 0 unspecified atom stereocenters. The molecule has 0 fully saturated rings. The van der Waals surface area contributed by atoms with Crippen molar-refractivity contribution in [1.29, 1.82) is 0 Å². The molecule has 4 nitrogen and oxygen atoms in total. The van der Waals surface area contributed by atoms with E-state index in [2.05, 4.69) is 187 Å². The van der Waals surface area contributed by atoms with E-state index in [1.165, 1.54) is 27.2 Å². The molecule has 0 radical (unpaired) electrons. The second kappa shape index (κ2) is 13.6. The lowest BCUT2D eigenvalue weighted by molar-refractivity contribution is 1.17. The van der Waals surface area contributed by atoms with Gasteiger partial charge in [0.05, 0.1) is 33.6 Å². The summed E-state index contributed by atoms with van der Waals surface area (Å²) in [4.78, 5) is 15.5. The predicted molar refractivity (Wildman–Crippen MR) is 236 cm³/mol. The Morgan fingerprint density at radius 2 is 0.877 bits per heavy atom. The van der Waals surface area contributed by atoms with Crippen molar-refractivity contribution in [3.05, 3.63) is 206 Å². The second-order valence-electron chi connectivity index (χ2n) is 14.4. The summed E-state index contributed by atoms with van der Waals surface area (Å²) in [6.45, 7) is 0. The van der Waals surface area contributed by atoms with Crippen molar-refractivity contribution in [2.45, 2.75) is 0 Å². The van der Waals surface area contributed by atoms with Gasteiger partial charge in [0.25, 0.3) is 0 Å². The molecule has 0 amide bonds. The summed E-state index contributed by atoms with van der Waals surface area (Å²) in [6.07, 6.45) is 0. The van der Waals surface area contributed by atoms with E-state index >= 15 is 0 Å². The molecule has 8 aromatic carbocycles. The Morgan fingerprint density at radius 3 is 1.60 bits per heavy atom. The van der Waals surface area contributed by atoms with E-state index in [0.29, 0.717) is 5.82 Å². The van der Waals surface area contributed by atoms with Crippen LogP contribution in [0.15, 0.2) is 206 Å². The van der Waals surface area contributed by atoms with Crippen molar-refractivity contribution < 1.29 is 0 Å². The van der Waals surface area contributed by atoms with Gasteiger partial charge in [-0.3, -0.25) is 0 Å². The highest BCUT2D eigenvalue weighted by Crippen LogP contribution is 2.40. The summed E-state index contributed by atoms with van der Waals surface area (Å²) in [5.41, 5.74) is 13.6. The van der Waals surface area contributed by atoms with E-state index in [0.717, 1.165) is 72.4 Å². The lowest BCUT2D eigenvalue weighted by Gasteiger charge is -2.15. The van der Waals surface area contributed by atoms with Crippen LogP contribution in [0.4, 0.5) is 0 Å². The minimum Gasteiger partial charge on any atom is -0.309 e. The number of pyridine rings is 1. The van der Waals surface area contributed by atoms with Crippen molar-refractivity contribution in [1.82, 2.24) is 19.5 Å². The van der Waals surface area contributed by atoms with Gasteiger partial charge in [-0.15, -0.1) is 0 Å². The molecular weight excluding hydrogens is 693 g/mol. The molecule has 0 saturated carbocycles. The van der Waals surface area contributed by atoms with Gasteiger partial charge in [0.15, 0.2) is 5.82 Å². The Hall–Kier alpha value is -7.69. The minimum absolute atomic E-state index is 0.690. The molecule has 3 aromatic heterocycles. The number of para-hydroxylation sites is 3. The van der Waals surface area contributed by atoms with Crippen molar-refractivity contribution in [2.75, 3.05) is 0 Å². The average molecular weight is 727 g/mol. The molecule has 266 valence electrons. The lowest BCUT2D eigenvalue weighted by atomic mass is 9.92. The molecule has 0 aliphatic rings. The summed E-state index contributed by atoms with van der Waals surface area (Å²) in [5, 5.41) is 5.95. The highest BCUT2D eigenvalue weighted by atomic mass is 15.0. The van der Waals surface area contributed by atoms with Gasteiger partial charge in [-0.2, -0.15) is 0 Å². The van der Waals surface area contributed by atoms with Gasteiger partial charge >= 0.3 is 0 Å². The van der Waals surface area contributed by atoms with Crippen LogP contribution in [0.1, 0.15) is 0 Å². The first-order valence-electron chi connectivity index (χ1n) is 19.3. The molecule has 3 heterocycles. The van der Waals surface area contributed by atoms with Gasteiger partial charge in [-0.25, -0.2) is 15.0 Å². The van der Waals surface area contributed by atoms with Crippen LogP contribution in [0.3, 0.4) is 0 Å². The van der Waals surface area contributed by atoms with Crippen LogP contribution in [0.25, 0.3) is 105 Å². The number of hydrogen-bond donors (Lipinski definition) is 0. The molecule has 11 rings (SSSR count). The summed E-state index contributed by atoms with van der Waals surface area (Å²) in [6, 6.07) is 72.6. The molecule has 11 aromatic rings. The Bertz CT molecular complexity index is 3220. The monoisotopic (exact) mass is 726 g/mol. The van der Waals surface area contributed by atoms with E-state index in [9.17, 15) is 0 Å². The van der Waals surface area contributed by atoms with Gasteiger partial charge in [0, 0.05) is 54.9 Å². The molecule has 0 bridgehead atoms. The minimum atomic E-state index is 0.690. The zero-order valence-electron chi connectivity index (χ0n) is 30.9.